The van der Waals surface area contributed by atoms with Crippen LogP contribution in [0.15, 0.2) is 0 Å². The normalized spacial score (nSPS) is 45.5. The SMILES string of the molecule is CN(C)CCO[C@@]12CCC(O)(CO1)C(O)[C@H]2O. The van der Waals surface area contributed by atoms with Crippen LogP contribution in [0.3, 0.4) is 0 Å². The molecule has 2 bridgehead atoms. The van der Waals surface area contributed by atoms with Gasteiger partial charge in [-0.3, -0.25) is 0 Å². The van der Waals surface area contributed by atoms with Crippen LogP contribution in [0.4, 0.5) is 0 Å². The molecule has 0 radical (unpaired) electrons. The van der Waals surface area contributed by atoms with Gasteiger partial charge in [-0.1, -0.05) is 0 Å². The first-order valence-electron chi connectivity index (χ1n) is 5.91. The van der Waals surface area contributed by atoms with Gasteiger partial charge in [-0.25, -0.2) is 0 Å². The molecule has 1 saturated carbocycles. The Bertz CT molecular complexity index is 275. The highest BCUT2D eigenvalue weighted by Crippen LogP contribution is 2.44. The number of ether oxygens (including phenoxy) is 2. The lowest BCUT2D eigenvalue weighted by molar-refractivity contribution is -0.390. The van der Waals surface area contributed by atoms with E-state index in [2.05, 4.69) is 0 Å². The van der Waals surface area contributed by atoms with Crippen molar-refractivity contribution in [3.05, 3.63) is 0 Å². The number of aliphatic hydroxyl groups is 3. The molecule has 3 rings (SSSR count). The Morgan fingerprint density at radius 2 is 2.00 bits per heavy atom. The number of fused-ring (bicyclic) bond motifs is 3. The van der Waals surface area contributed by atoms with E-state index in [0.29, 0.717) is 26.0 Å². The highest BCUT2D eigenvalue weighted by molar-refractivity contribution is 5.07. The molecule has 1 aliphatic carbocycles. The minimum atomic E-state index is -1.33. The summed E-state index contributed by atoms with van der Waals surface area (Å²) in [6, 6.07) is 0. The van der Waals surface area contributed by atoms with Gasteiger partial charge in [0, 0.05) is 13.0 Å². The lowest BCUT2D eigenvalue weighted by atomic mass is 9.74. The summed E-state index contributed by atoms with van der Waals surface area (Å²) in [4.78, 5) is 1.96. The monoisotopic (exact) mass is 247 g/mol. The third-order valence-corrected chi connectivity index (χ3v) is 3.66. The van der Waals surface area contributed by atoms with Crippen molar-refractivity contribution in [2.45, 2.75) is 36.4 Å². The molecule has 2 saturated heterocycles. The van der Waals surface area contributed by atoms with Crippen LogP contribution in [0, 0.1) is 0 Å². The summed E-state index contributed by atoms with van der Waals surface area (Å²) in [6.07, 6.45) is -1.62. The lowest BCUT2D eigenvalue weighted by Crippen LogP contribution is -2.72. The van der Waals surface area contributed by atoms with Gasteiger partial charge in [-0.15, -0.1) is 0 Å². The molecule has 6 heteroatoms. The van der Waals surface area contributed by atoms with Gasteiger partial charge in [0.05, 0.1) is 13.2 Å². The van der Waals surface area contributed by atoms with Gasteiger partial charge in [-0.05, 0) is 20.5 Å². The van der Waals surface area contributed by atoms with E-state index < -0.39 is 23.6 Å². The highest BCUT2D eigenvalue weighted by atomic mass is 16.7. The van der Waals surface area contributed by atoms with Crippen molar-refractivity contribution in [3.8, 4) is 0 Å². The summed E-state index contributed by atoms with van der Waals surface area (Å²) in [6.45, 7) is 1.13. The maximum atomic E-state index is 9.99. The fourth-order valence-corrected chi connectivity index (χ4v) is 2.38. The second-order valence-corrected chi connectivity index (χ2v) is 5.25. The van der Waals surface area contributed by atoms with Crippen LogP contribution < -0.4 is 0 Å². The Kier molecular flexibility index (Phi) is 3.46. The zero-order valence-electron chi connectivity index (χ0n) is 10.3. The average Bonchev–Trinajstić information content (AvgIpc) is 2.28. The molecular weight excluding hydrogens is 226 g/mol. The van der Waals surface area contributed by atoms with Gasteiger partial charge in [0.1, 0.15) is 17.8 Å². The fraction of sp³-hybridized carbons (Fsp3) is 1.00. The van der Waals surface area contributed by atoms with Crippen LogP contribution in [0.25, 0.3) is 0 Å². The maximum Gasteiger partial charge on any atom is 0.197 e. The zero-order valence-corrected chi connectivity index (χ0v) is 10.3. The van der Waals surface area contributed by atoms with Crippen molar-refractivity contribution in [1.29, 1.82) is 0 Å². The molecule has 3 aliphatic rings. The van der Waals surface area contributed by atoms with E-state index >= 15 is 0 Å². The van der Waals surface area contributed by atoms with Gasteiger partial charge in [0.2, 0.25) is 0 Å². The van der Waals surface area contributed by atoms with E-state index in [0.717, 1.165) is 0 Å². The van der Waals surface area contributed by atoms with Gasteiger partial charge in [-0.2, -0.15) is 0 Å². The molecule has 17 heavy (non-hydrogen) atoms. The minimum Gasteiger partial charge on any atom is -0.387 e. The van der Waals surface area contributed by atoms with Crippen LogP contribution in [0.5, 0.6) is 0 Å². The highest BCUT2D eigenvalue weighted by Gasteiger charge is 2.61. The van der Waals surface area contributed by atoms with Crippen molar-refractivity contribution in [2.24, 2.45) is 0 Å². The van der Waals surface area contributed by atoms with Crippen LogP contribution in [0.1, 0.15) is 12.8 Å². The Hall–Kier alpha value is -0.240. The molecular formula is C11H21NO5. The summed E-state index contributed by atoms with van der Waals surface area (Å²) in [5.74, 6) is -1.15. The second-order valence-electron chi connectivity index (χ2n) is 5.25. The molecule has 4 atom stereocenters. The number of nitrogens with zero attached hydrogens (tertiary/aromatic N) is 1. The molecule has 0 aromatic rings. The van der Waals surface area contributed by atoms with Gasteiger partial charge < -0.3 is 29.7 Å². The van der Waals surface area contributed by atoms with Crippen LogP contribution in [-0.2, 0) is 9.47 Å². The van der Waals surface area contributed by atoms with Crippen molar-refractivity contribution >= 4 is 0 Å². The molecule has 0 aromatic heterocycles. The molecule has 0 spiro atoms. The summed E-state index contributed by atoms with van der Waals surface area (Å²) >= 11 is 0. The number of aliphatic hydroxyl groups excluding tert-OH is 2. The quantitative estimate of drug-likeness (QED) is 0.563. The fourth-order valence-electron chi connectivity index (χ4n) is 2.38. The molecule has 0 aromatic carbocycles. The number of hydrogen-bond donors (Lipinski definition) is 3. The average molecular weight is 247 g/mol. The molecule has 3 fully saturated rings. The summed E-state index contributed by atoms with van der Waals surface area (Å²) in [5.41, 5.74) is -1.33. The van der Waals surface area contributed by atoms with Crippen LogP contribution >= 0.6 is 0 Å². The van der Waals surface area contributed by atoms with E-state index in [1.807, 2.05) is 19.0 Å². The first-order chi connectivity index (χ1) is 7.90. The topological polar surface area (TPSA) is 82.4 Å². The van der Waals surface area contributed by atoms with Gasteiger partial charge in [0.15, 0.2) is 5.79 Å². The minimum absolute atomic E-state index is 0.00713. The van der Waals surface area contributed by atoms with Crippen molar-refractivity contribution in [3.63, 3.8) is 0 Å². The van der Waals surface area contributed by atoms with Crippen LogP contribution in [-0.4, -0.2) is 77.7 Å². The van der Waals surface area contributed by atoms with Crippen molar-refractivity contribution in [1.82, 2.24) is 4.90 Å². The Balaban J connectivity index is 2.00. The van der Waals surface area contributed by atoms with Crippen molar-refractivity contribution in [2.75, 3.05) is 33.9 Å². The molecule has 2 heterocycles. The summed E-state index contributed by atoms with van der Waals surface area (Å²) in [5, 5.41) is 29.8. The molecule has 2 unspecified atom stereocenters. The lowest BCUT2D eigenvalue weighted by Gasteiger charge is -2.55. The van der Waals surface area contributed by atoms with E-state index in [-0.39, 0.29) is 6.61 Å². The molecule has 6 nitrogen and oxygen atoms in total. The van der Waals surface area contributed by atoms with E-state index in [1.54, 1.807) is 0 Å². The Labute approximate surface area is 101 Å². The Morgan fingerprint density at radius 1 is 1.29 bits per heavy atom. The first kappa shape index (κ1) is 13.2. The van der Waals surface area contributed by atoms with Crippen LogP contribution in [0.2, 0.25) is 0 Å². The predicted octanol–water partition coefficient (Wildman–Crippen LogP) is -1.46. The molecule has 3 N–H and O–H groups in total. The number of rotatable bonds is 4. The predicted molar refractivity (Wildman–Crippen MR) is 59.4 cm³/mol. The number of hydrogen-bond acceptors (Lipinski definition) is 6. The molecule has 2 aliphatic heterocycles. The maximum absolute atomic E-state index is 9.99. The standard InChI is InChI=1S/C11H21NO5/c1-12(2)5-6-16-11-4-3-10(15,7-17-11)8(13)9(11)14/h8-9,13-15H,3-7H2,1-2H3/t8?,9-,10?,11+/m1/s1. The van der Waals surface area contributed by atoms with Gasteiger partial charge >= 0.3 is 0 Å². The number of likely N-dealkylation sites (N-methyl/N-ethyl adjacent to an activating group) is 1. The zero-order chi connectivity index (χ0) is 12.7. The van der Waals surface area contributed by atoms with E-state index in [1.165, 1.54) is 0 Å². The van der Waals surface area contributed by atoms with Gasteiger partial charge in [0.25, 0.3) is 0 Å². The van der Waals surface area contributed by atoms with Crippen molar-refractivity contribution < 1.29 is 24.8 Å². The molecule has 100 valence electrons. The second kappa shape index (κ2) is 4.46. The van der Waals surface area contributed by atoms with E-state index in [4.69, 9.17) is 9.47 Å². The Morgan fingerprint density at radius 3 is 2.53 bits per heavy atom. The summed E-state index contributed by atoms with van der Waals surface area (Å²) in [7, 11) is 3.85. The summed E-state index contributed by atoms with van der Waals surface area (Å²) < 4.78 is 11.0. The van der Waals surface area contributed by atoms with E-state index in [9.17, 15) is 15.3 Å². The molecule has 0 amide bonds. The smallest absolute Gasteiger partial charge is 0.197 e. The third kappa shape index (κ3) is 2.21. The first-order valence-corrected chi connectivity index (χ1v) is 5.91. The largest absolute Gasteiger partial charge is 0.387 e. The third-order valence-electron chi connectivity index (χ3n) is 3.66.